The topological polar surface area (TPSA) is 0 Å². The van der Waals surface area contributed by atoms with Gasteiger partial charge in [0.2, 0.25) is 0 Å². The molecule has 0 aliphatic carbocycles. The molecule has 0 radical (unpaired) electrons. The van der Waals surface area contributed by atoms with Crippen molar-refractivity contribution in [1.82, 2.24) is 0 Å². The van der Waals surface area contributed by atoms with Crippen molar-refractivity contribution in [2.75, 3.05) is 0 Å². The minimum atomic E-state index is 0.744. The van der Waals surface area contributed by atoms with Crippen molar-refractivity contribution < 1.29 is 0 Å². The van der Waals surface area contributed by atoms with Gasteiger partial charge in [-0.2, -0.15) is 0 Å². The van der Waals surface area contributed by atoms with Gasteiger partial charge < -0.3 is 0 Å². The minimum Gasteiger partial charge on any atom is -0.0843 e. The van der Waals surface area contributed by atoms with Gasteiger partial charge in [0.15, 0.2) is 0 Å². The quantitative estimate of drug-likeness (QED) is 0.170. The normalized spacial score (nSPS) is 12.3. The fraction of sp³-hybridized carbons (Fsp3) is 0. The SMILES string of the molecule is Clc1ccc(C=c2c3ccc4c(=Cc5ccc(Cl)cc5)c5ccc6c(=Cc7ccc(Cl)cc7)c7ccc2c2c3c4c5c6c72)cc1. The molecule has 45 heavy (non-hydrogen) atoms. The first-order valence-corrected chi connectivity index (χ1v) is 16.1. The first kappa shape index (κ1) is 25.7. The maximum atomic E-state index is 6.25. The molecule has 10 aromatic rings. The molecule has 0 saturated carbocycles. The van der Waals surface area contributed by atoms with Crippen LogP contribution in [0.25, 0.3) is 82.9 Å². The molecule has 0 nitrogen and oxygen atoms in total. The van der Waals surface area contributed by atoms with Crippen LogP contribution in [0.4, 0.5) is 0 Å². The van der Waals surface area contributed by atoms with Crippen LogP contribution in [0, 0.1) is 0 Å². The Hall–Kier alpha value is -4.59. The van der Waals surface area contributed by atoms with Crippen LogP contribution in [0.2, 0.25) is 15.1 Å². The fourth-order valence-electron chi connectivity index (χ4n) is 7.79. The number of benzene rings is 7. The summed E-state index contributed by atoms with van der Waals surface area (Å²) < 4.78 is 0. The molecule has 3 heteroatoms. The van der Waals surface area contributed by atoms with Crippen LogP contribution in [0.5, 0.6) is 0 Å². The monoisotopic (exact) mass is 630 g/mol. The Balaban J connectivity index is 1.44. The first-order valence-electron chi connectivity index (χ1n) is 15.0. The molecule has 0 bridgehead atoms. The van der Waals surface area contributed by atoms with E-state index < -0.39 is 0 Å². The molecular weight excluding hydrogens is 611 g/mol. The lowest BCUT2D eigenvalue weighted by atomic mass is 9.95. The summed E-state index contributed by atoms with van der Waals surface area (Å²) in [6.07, 6.45) is 6.95. The highest BCUT2D eigenvalue weighted by Crippen LogP contribution is 2.48. The first-order chi connectivity index (χ1) is 22.0. The smallest absolute Gasteiger partial charge is 0.0406 e. The van der Waals surface area contributed by atoms with Crippen LogP contribution < -0.4 is 15.7 Å². The van der Waals surface area contributed by atoms with Crippen molar-refractivity contribution in [3.8, 4) is 0 Å². The molecule has 0 aliphatic heterocycles. The van der Waals surface area contributed by atoms with E-state index in [1.54, 1.807) is 0 Å². The summed E-state index contributed by atoms with van der Waals surface area (Å²) in [5, 5.41) is 21.9. The third-order valence-corrected chi connectivity index (χ3v) is 10.4. The lowest BCUT2D eigenvalue weighted by Gasteiger charge is -2.07. The van der Waals surface area contributed by atoms with Crippen molar-refractivity contribution in [3.63, 3.8) is 0 Å². The van der Waals surface area contributed by atoms with Gasteiger partial charge in [0.1, 0.15) is 0 Å². The van der Waals surface area contributed by atoms with Gasteiger partial charge in [0.25, 0.3) is 0 Å². The van der Waals surface area contributed by atoms with Gasteiger partial charge in [-0.25, -0.2) is 0 Å². The van der Waals surface area contributed by atoms with E-state index in [0.717, 1.165) is 31.8 Å². The Labute approximate surface area is 273 Å². The highest BCUT2D eigenvalue weighted by atomic mass is 35.5. The molecule has 0 fully saturated rings. The van der Waals surface area contributed by atoms with Crippen LogP contribution in [0.3, 0.4) is 0 Å². The van der Waals surface area contributed by atoms with E-state index in [9.17, 15) is 0 Å². The van der Waals surface area contributed by atoms with Crippen LogP contribution in [-0.2, 0) is 0 Å². The van der Waals surface area contributed by atoms with Gasteiger partial charge in [-0.1, -0.05) is 108 Å². The van der Waals surface area contributed by atoms with Gasteiger partial charge in [-0.05, 0) is 152 Å². The van der Waals surface area contributed by atoms with Crippen LogP contribution in [0.1, 0.15) is 16.7 Å². The Morgan fingerprint density at radius 1 is 0.267 bits per heavy atom. The lowest BCUT2D eigenvalue weighted by molar-refractivity contribution is 1.64. The Bertz CT molecular complexity index is 2430. The summed E-state index contributed by atoms with van der Waals surface area (Å²) in [4.78, 5) is 0. The van der Waals surface area contributed by atoms with Gasteiger partial charge in [0, 0.05) is 15.1 Å². The van der Waals surface area contributed by atoms with E-state index in [0.29, 0.717) is 0 Å². The summed E-state index contributed by atoms with van der Waals surface area (Å²) in [7, 11) is 0. The minimum absolute atomic E-state index is 0.744. The zero-order valence-electron chi connectivity index (χ0n) is 23.8. The van der Waals surface area contributed by atoms with E-state index in [1.165, 1.54) is 80.3 Å². The molecule has 0 aliphatic rings. The van der Waals surface area contributed by atoms with E-state index in [4.69, 9.17) is 34.8 Å². The van der Waals surface area contributed by atoms with Crippen molar-refractivity contribution in [3.05, 3.63) is 157 Å². The number of halogens is 3. The predicted octanol–water partition coefficient (Wildman–Crippen LogP) is 10.5. The van der Waals surface area contributed by atoms with E-state index in [2.05, 4.69) is 91.0 Å². The maximum absolute atomic E-state index is 6.25. The standard InChI is InChI=1S/C42H21Cl3/c43-25-7-1-22(2-8-25)19-34-28-13-15-30-35(20-23-3-9-26(44)10-4-23)32-17-18-33-36(21-24-5-11-27(45)12-6-24)31-16-14-29(34)38-37(28)39(30)41(32)42(33)40(31)38/h1-21H. The van der Waals surface area contributed by atoms with E-state index in [1.807, 2.05) is 36.4 Å². The molecule has 0 heterocycles. The summed E-state index contributed by atoms with van der Waals surface area (Å²) in [6, 6.07) is 38.3. The van der Waals surface area contributed by atoms with E-state index in [-0.39, 0.29) is 0 Å². The van der Waals surface area contributed by atoms with Gasteiger partial charge in [-0.15, -0.1) is 0 Å². The highest BCUT2D eigenvalue weighted by molar-refractivity contribution is 6.48. The van der Waals surface area contributed by atoms with Crippen LogP contribution >= 0.6 is 34.8 Å². The average Bonchev–Trinajstić information content (AvgIpc) is 3.66. The third kappa shape index (κ3) is 3.56. The average molecular weight is 632 g/mol. The Kier molecular flexibility index (Phi) is 5.27. The summed E-state index contributed by atoms with van der Waals surface area (Å²) in [6.45, 7) is 0. The molecule has 0 spiro atoms. The Morgan fingerprint density at radius 3 is 0.667 bits per heavy atom. The van der Waals surface area contributed by atoms with Crippen molar-refractivity contribution in [2.24, 2.45) is 0 Å². The molecule has 0 unspecified atom stereocenters. The van der Waals surface area contributed by atoms with Gasteiger partial charge in [-0.3, -0.25) is 0 Å². The molecular formula is C42H21Cl3. The third-order valence-electron chi connectivity index (χ3n) is 9.65. The largest absolute Gasteiger partial charge is 0.0843 e. The maximum Gasteiger partial charge on any atom is 0.0406 e. The summed E-state index contributed by atoms with van der Waals surface area (Å²) in [5.74, 6) is 0. The second-order valence-corrected chi connectivity index (χ2v) is 13.4. The second-order valence-electron chi connectivity index (χ2n) is 12.1. The van der Waals surface area contributed by atoms with Crippen LogP contribution in [-0.4, -0.2) is 0 Å². The summed E-state index contributed by atoms with van der Waals surface area (Å²) >= 11 is 18.8. The zero-order valence-corrected chi connectivity index (χ0v) is 26.0. The van der Waals surface area contributed by atoms with Gasteiger partial charge >= 0.3 is 0 Å². The lowest BCUT2D eigenvalue weighted by Crippen LogP contribution is -2.00. The van der Waals surface area contributed by atoms with Crippen molar-refractivity contribution in [2.45, 2.75) is 0 Å². The Morgan fingerprint density at radius 2 is 0.467 bits per heavy atom. The zero-order chi connectivity index (χ0) is 30.0. The molecule has 0 N–H and O–H groups in total. The fourth-order valence-corrected chi connectivity index (χ4v) is 8.17. The summed E-state index contributed by atoms with van der Waals surface area (Å²) in [5.41, 5.74) is 3.41. The molecule has 10 rings (SSSR count). The highest BCUT2D eigenvalue weighted by Gasteiger charge is 2.26. The number of hydrogen-bond acceptors (Lipinski definition) is 0. The molecule has 0 amide bonds. The predicted molar refractivity (Wildman–Crippen MR) is 196 cm³/mol. The second kappa shape index (κ2) is 9.22. The number of hydrogen-bond donors (Lipinski definition) is 0. The van der Waals surface area contributed by atoms with E-state index >= 15 is 0 Å². The molecule has 0 aromatic heterocycles. The molecule has 0 saturated heterocycles. The molecule has 10 aromatic carbocycles. The van der Waals surface area contributed by atoms with Crippen molar-refractivity contribution in [1.29, 1.82) is 0 Å². The molecule has 0 atom stereocenters. The van der Waals surface area contributed by atoms with Crippen molar-refractivity contribution >= 4 is 118 Å². The number of rotatable bonds is 3. The van der Waals surface area contributed by atoms with Gasteiger partial charge in [0.05, 0.1) is 0 Å². The van der Waals surface area contributed by atoms with Crippen LogP contribution in [0.15, 0.2) is 109 Å². The molecule has 210 valence electrons.